The molecule has 0 radical (unpaired) electrons. The molecule has 0 spiro atoms. The van der Waals surface area contributed by atoms with Crippen LogP contribution < -0.4 is 10.5 Å². The fraction of sp³-hybridized carbons (Fsp3) is 0.235. The van der Waals surface area contributed by atoms with Gasteiger partial charge in [-0.15, -0.1) is 11.8 Å². The first-order chi connectivity index (χ1) is 10.9. The summed E-state index contributed by atoms with van der Waals surface area (Å²) in [7, 11) is 1.56. The van der Waals surface area contributed by atoms with Crippen LogP contribution in [-0.4, -0.2) is 29.4 Å². The van der Waals surface area contributed by atoms with Crippen molar-refractivity contribution in [2.24, 2.45) is 0 Å². The van der Waals surface area contributed by atoms with E-state index < -0.39 is 17.3 Å². The fourth-order valence-corrected chi connectivity index (χ4v) is 3.39. The molecule has 122 valence electrons. The lowest BCUT2D eigenvalue weighted by atomic mass is 10.1. The molecule has 2 aromatic carbocycles. The molecule has 0 saturated carbocycles. The van der Waals surface area contributed by atoms with Crippen molar-refractivity contribution in [3.63, 3.8) is 0 Å². The molecule has 2 atom stereocenters. The van der Waals surface area contributed by atoms with Crippen molar-refractivity contribution in [1.29, 1.82) is 0 Å². The Morgan fingerprint density at radius 2 is 1.87 bits per heavy atom. The third kappa shape index (κ3) is 4.18. The summed E-state index contributed by atoms with van der Waals surface area (Å²) in [6.45, 7) is 1.93. The van der Waals surface area contributed by atoms with Gasteiger partial charge in [0.05, 0.1) is 12.4 Å². The number of carboxylic acids is 1. The lowest BCUT2D eigenvalue weighted by molar-refractivity contribution is -0.146. The molecule has 0 unspecified atom stereocenters. The standard InChI is InChI=1S/C17H19NO4S/c1-10-3-8-13(18)14(9-10)23-16(15(19)17(20)21)11-4-6-12(22-2)7-5-11/h3-9,15-16,19H,18H2,1-2H3,(H,20,21)/t15-,16+/m1/s1. The van der Waals surface area contributed by atoms with E-state index in [9.17, 15) is 15.0 Å². The van der Waals surface area contributed by atoms with E-state index in [2.05, 4.69) is 0 Å². The van der Waals surface area contributed by atoms with Crippen LogP contribution in [0.25, 0.3) is 0 Å². The van der Waals surface area contributed by atoms with Crippen molar-refractivity contribution in [3.05, 3.63) is 53.6 Å². The van der Waals surface area contributed by atoms with E-state index in [1.165, 1.54) is 11.8 Å². The first-order valence-corrected chi connectivity index (χ1v) is 7.88. The maximum absolute atomic E-state index is 11.3. The highest BCUT2D eigenvalue weighted by molar-refractivity contribution is 7.99. The Morgan fingerprint density at radius 3 is 2.43 bits per heavy atom. The highest BCUT2D eigenvalue weighted by Gasteiger charge is 2.29. The molecule has 6 heteroatoms. The summed E-state index contributed by atoms with van der Waals surface area (Å²) in [5.74, 6) is -0.609. The number of nitrogens with two attached hydrogens (primary N) is 1. The van der Waals surface area contributed by atoms with Gasteiger partial charge in [0.15, 0.2) is 6.10 Å². The van der Waals surface area contributed by atoms with Gasteiger partial charge in [0.25, 0.3) is 0 Å². The minimum atomic E-state index is -1.55. The molecule has 5 nitrogen and oxygen atoms in total. The second kappa shape index (κ2) is 7.39. The van der Waals surface area contributed by atoms with E-state index in [1.807, 2.05) is 19.1 Å². The summed E-state index contributed by atoms with van der Waals surface area (Å²) in [5.41, 5.74) is 8.22. The quantitative estimate of drug-likeness (QED) is 0.556. The van der Waals surface area contributed by atoms with Crippen molar-refractivity contribution in [1.82, 2.24) is 0 Å². The van der Waals surface area contributed by atoms with E-state index in [0.29, 0.717) is 17.0 Å². The minimum Gasteiger partial charge on any atom is -0.497 e. The van der Waals surface area contributed by atoms with Gasteiger partial charge in [0.2, 0.25) is 0 Å². The highest BCUT2D eigenvalue weighted by Crippen LogP contribution is 2.41. The number of aryl methyl sites for hydroxylation is 1. The smallest absolute Gasteiger partial charge is 0.334 e. The Bertz CT molecular complexity index is 687. The van der Waals surface area contributed by atoms with Gasteiger partial charge in [-0.3, -0.25) is 0 Å². The molecule has 0 saturated heterocycles. The number of carboxylic acid groups (broad SMARTS) is 1. The Balaban J connectivity index is 2.37. The summed E-state index contributed by atoms with van der Waals surface area (Å²) in [5, 5.41) is 18.6. The first-order valence-electron chi connectivity index (χ1n) is 7.00. The number of aliphatic hydroxyl groups is 1. The van der Waals surface area contributed by atoms with Crippen LogP contribution in [0.5, 0.6) is 5.75 Å². The van der Waals surface area contributed by atoms with Crippen LogP contribution in [0.1, 0.15) is 16.4 Å². The number of methoxy groups -OCH3 is 1. The highest BCUT2D eigenvalue weighted by atomic mass is 32.2. The Labute approximate surface area is 139 Å². The van der Waals surface area contributed by atoms with Gasteiger partial charge in [-0.25, -0.2) is 4.79 Å². The lowest BCUT2D eigenvalue weighted by Crippen LogP contribution is -2.26. The Morgan fingerprint density at radius 1 is 1.22 bits per heavy atom. The number of hydrogen-bond acceptors (Lipinski definition) is 5. The zero-order valence-corrected chi connectivity index (χ0v) is 13.7. The average Bonchev–Trinajstić information content (AvgIpc) is 2.55. The fourth-order valence-electron chi connectivity index (χ4n) is 2.12. The summed E-state index contributed by atoms with van der Waals surface area (Å²) in [4.78, 5) is 12.0. The summed E-state index contributed by atoms with van der Waals surface area (Å²) in [6.07, 6.45) is -1.55. The molecule has 0 bridgehead atoms. The van der Waals surface area contributed by atoms with Crippen LogP contribution in [0.3, 0.4) is 0 Å². The number of aliphatic hydroxyl groups excluding tert-OH is 1. The van der Waals surface area contributed by atoms with E-state index in [1.54, 1.807) is 37.4 Å². The van der Waals surface area contributed by atoms with Crippen LogP contribution in [0.2, 0.25) is 0 Å². The van der Waals surface area contributed by atoms with Gasteiger partial charge in [-0.2, -0.15) is 0 Å². The zero-order chi connectivity index (χ0) is 17.0. The second-order valence-electron chi connectivity index (χ2n) is 5.14. The van der Waals surface area contributed by atoms with Crippen molar-refractivity contribution < 1.29 is 19.7 Å². The number of benzene rings is 2. The molecule has 0 aliphatic heterocycles. The van der Waals surface area contributed by atoms with Gasteiger partial charge in [-0.05, 0) is 42.3 Å². The summed E-state index contributed by atoms with van der Waals surface area (Å²) in [6, 6.07) is 12.5. The normalized spacial score (nSPS) is 13.3. The molecule has 0 aliphatic carbocycles. The number of nitrogen functional groups attached to an aromatic ring is 1. The van der Waals surface area contributed by atoms with Gasteiger partial charge in [0.1, 0.15) is 5.75 Å². The molecular weight excluding hydrogens is 314 g/mol. The zero-order valence-electron chi connectivity index (χ0n) is 12.9. The van der Waals surface area contributed by atoms with E-state index in [-0.39, 0.29) is 0 Å². The van der Waals surface area contributed by atoms with Crippen molar-refractivity contribution in [3.8, 4) is 5.75 Å². The molecule has 23 heavy (non-hydrogen) atoms. The Hall–Kier alpha value is -2.18. The maximum Gasteiger partial charge on any atom is 0.334 e. The molecule has 0 fully saturated rings. The van der Waals surface area contributed by atoms with Gasteiger partial charge >= 0.3 is 5.97 Å². The number of hydrogen-bond donors (Lipinski definition) is 3. The molecule has 0 heterocycles. The monoisotopic (exact) mass is 333 g/mol. The molecule has 4 N–H and O–H groups in total. The van der Waals surface area contributed by atoms with Crippen molar-refractivity contribution >= 4 is 23.4 Å². The minimum absolute atomic E-state index is 0.553. The number of thioether (sulfide) groups is 1. The van der Waals surface area contributed by atoms with Gasteiger partial charge in [0, 0.05) is 10.6 Å². The number of ether oxygens (including phenoxy) is 1. The number of anilines is 1. The van der Waals surface area contributed by atoms with Gasteiger partial charge in [-0.1, -0.05) is 18.2 Å². The lowest BCUT2D eigenvalue weighted by Gasteiger charge is -2.21. The van der Waals surface area contributed by atoms with E-state index in [0.717, 1.165) is 10.5 Å². The van der Waals surface area contributed by atoms with Gasteiger partial charge < -0.3 is 20.7 Å². The van der Waals surface area contributed by atoms with E-state index >= 15 is 0 Å². The van der Waals surface area contributed by atoms with E-state index in [4.69, 9.17) is 10.5 Å². The SMILES string of the molecule is COc1ccc([C@H](Sc2cc(C)ccc2N)[C@@H](O)C(=O)O)cc1. The van der Waals surface area contributed by atoms with Crippen LogP contribution in [0, 0.1) is 6.92 Å². The van der Waals surface area contributed by atoms with Crippen LogP contribution >= 0.6 is 11.8 Å². The molecule has 0 aromatic heterocycles. The third-order valence-electron chi connectivity index (χ3n) is 3.41. The second-order valence-corrected chi connectivity index (χ2v) is 6.32. The number of aliphatic carboxylic acids is 1. The molecular formula is C17H19NO4S. The average molecular weight is 333 g/mol. The molecule has 2 rings (SSSR count). The summed E-state index contributed by atoms with van der Waals surface area (Å²) >= 11 is 1.24. The van der Waals surface area contributed by atoms with Crippen molar-refractivity contribution in [2.45, 2.75) is 23.2 Å². The van der Waals surface area contributed by atoms with Crippen LogP contribution in [-0.2, 0) is 4.79 Å². The maximum atomic E-state index is 11.3. The predicted octanol–water partition coefficient (Wildman–Crippen LogP) is 2.86. The van der Waals surface area contributed by atoms with Crippen molar-refractivity contribution in [2.75, 3.05) is 12.8 Å². The molecule has 0 amide bonds. The Kier molecular flexibility index (Phi) is 5.52. The largest absolute Gasteiger partial charge is 0.497 e. The summed E-state index contributed by atoms with van der Waals surface area (Å²) < 4.78 is 5.10. The number of rotatable bonds is 6. The first kappa shape index (κ1) is 17.2. The third-order valence-corrected chi connectivity index (χ3v) is 4.80. The van der Waals surface area contributed by atoms with Crippen LogP contribution in [0.4, 0.5) is 5.69 Å². The van der Waals surface area contributed by atoms with Crippen LogP contribution in [0.15, 0.2) is 47.4 Å². The molecule has 0 aliphatic rings. The number of carbonyl (C=O) groups is 1. The predicted molar refractivity (Wildman–Crippen MR) is 90.8 cm³/mol. The molecule has 2 aromatic rings. The topological polar surface area (TPSA) is 92.8 Å².